The number of nitrogens with zero attached hydrogens (tertiary/aromatic N) is 1. The molecule has 1 amide bonds. The third kappa shape index (κ3) is 3.25. The molecule has 20 heavy (non-hydrogen) atoms. The summed E-state index contributed by atoms with van der Waals surface area (Å²) in [5, 5.41) is 0. The Kier molecular flexibility index (Phi) is 4.55. The number of carbonyl (C=O) groups is 1. The van der Waals surface area contributed by atoms with Crippen LogP contribution in [0.1, 0.15) is 21.5 Å². The summed E-state index contributed by atoms with van der Waals surface area (Å²) in [5.74, 6) is -0.0576. The van der Waals surface area contributed by atoms with Crippen molar-refractivity contribution in [3.05, 3.63) is 57.6 Å². The Morgan fingerprint density at radius 3 is 2.30 bits per heavy atom. The first-order chi connectivity index (χ1) is 9.38. The van der Waals surface area contributed by atoms with Gasteiger partial charge in [-0.05, 0) is 71.2 Å². The third-order valence-electron chi connectivity index (χ3n) is 3.08. The van der Waals surface area contributed by atoms with Crippen molar-refractivity contribution in [1.29, 1.82) is 0 Å². The van der Waals surface area contributed by atoms with Crippen LogP contribution in [0.5, 0.6) is 0 Å². The minimum Gasteiger partial charge on any atom is -0.311 e. The van der Waals surface area contributed by atoms with Crippen molar-refractivity contribution < 1.29 is 4.79 Å². The van der Waals surface area contributed by atoms with E-state index in [4.69, 9.17) is 0 Å². The minimum atomic E-state index is -0.0576. The third-order valence-corrected chi connectivity index (χ3v) is 4.05. The van der Waals surface area contributed by atoms with E-state index in [9.17, 15) is 4.79 Å². The lowest BCUT2D eigenvalue weighted by atomic mass is 10.1. The van der Waals surface area contributed by atoms with E-state index in [0.29, 0.717) is 5.56 Å². The van der Waals surface area contributed by atoms with E-state index in [2.05, 4.69) is 34.6 Å². The predicted molar refractivity (Wildman–Crippen MR) is 90.0 cm³/mol. The Hall–Kier alpha value is -1.26. The van der Waals surface area contributed by atoms with Crippen molar-refractivity contribution in [3.63, 3.8) is 0 Å². The number of rotatable bonds is 2. The van der Waals surface area contributed by atoms with E-state index >= 15 is 0 Å². The number of benzene rings is 2. The fourth-order valence-corrected chi connectivity index (χ4v) is 2.74. The summed E-state index contributed by atoms with van der Waals surface area (Å²) in [4.78, 5) is 15.0. The molecular formula is C16H16BrNOS. The molecule has 0 aromatic heterocycles. The predicted octanol–water partition coefficient (Wildman–Crippen LogP) is 4.63. The Morgan fingerprint density at radius 1 is 1.10 bits per heavy atom. The smallest absolute Gasteiger partial charge is 0.259 e. The molecule has 0 unspecified atom stereocenters. The van der Waals surface area contributed by atoms with Gasteiger partial charge >= 0.3 is 0 Å². The second kappa shape index (κ2) is 6.02. The van der Waals surface area contributed by atoms with Gasteiger partial charge in [0.25, 0.3) is 5.91 Å². The van der Waals surface area contributed by atoms with Gasteiger partial charge in [-0.2, -0.15) is 0 Å². The summed E-state index contributed by atoms with van der Waals surface area (Å²) in [6, 6.07) is 11.6. The maximum Gasteiger partial charge on any atom is 0.259 e. The van der Waals surface area contributed by atoms with Crippen LogP contribution in [-0.4, -0.2) is 13.0 Å². The highest BCUT2D eigenvalue weighted by Gasteiger charge is 2.17. The van der Waals surface area contributed by atoms with Crippen molar-refractivity contribution in [2.45, 2.75) is 18.7 Å². The molecule has 0 saturated carbocycles. The van der Waals surface area contributed by atoms with Crippen LogP contribution in [-0.2, 0) is 0 Å². The Morgan fingerprint density at radius 2 is 1.70 bits per heavy atom. The molecule has 0 aliphatic heterocycles. The minimum absolute atomic E-state index is 0.0576. The number of anilines is 1. The van der Waals surface area contributed by atoms with E-state index < -0.39 is 0 Å². The van der Waals surface area contributed by atoms with Gasteiger partial charge in [0.15, 0.2) is 0 Å². The number of hydrogen-bond acceptors (Lipinski definition) is 2. The second-order valence-electron chi connectivity index (χ2n) is 4.87. The lowest BCUT2D eigenvalue weighted by Crippen LogP contribution is -2.26. The molecule has 2 aromatic rings. The first-order valence-corrected chi connectivity index (χ1v) is 7.47. The number of hydrogen-bond donors (Lipinski definition) is 1. The number of thiol groups is 1. The van der Waals surface area contributed by atoms with E-state index in [1.54, 1.807) is 18.0 Å². The number of aryl methyl sites for hydroxylation is 2. The summed E-state index contributed by atoms with van der Waals surface area (Å²) in [7, 11) is 1.79. The number of carbonyl (C=O) groups excluding carboxylic acids is 1. The molecule has 0 bridgehead atoms. The average Bonchev–Trinajstić information content (AvgIpc) is 2.38. The summed E-state index contributed by atoms with van der Waals surface area (Å²) in [6.07, 6.45) is 0. The van der Waals surface area contributed by atoms with Crippen LogP contribution in [0, 0.1) is 13.8 Å². The van der Waals surface area contributed by atoms with E-state index in [1.807, 2.05) is 38.1 Å². The highest BCUT2D eigenvalue weighted by molar-refractivity contribution is 9.10. The molecule has 0 spiro atoms. The van der Waals surface area contributed by atoms with Crippen LogP contribution >= 0.6 is 28.6 Å². The number of halogens is 1. The maximum atomic E-state index is 12.6. The molecule has 2 rings (SSSR count). The molecule has 2 aromatic carbocycles. The zero-order valence-electron chi connectivity index (χ0n) is 11.6. The van der Waals surface area contributed by atoms with Crippen LogP contribution in [0.15, 0.2) is 45.8 Å². The largest absolute Gasteiger partial charge is 0.311 e. The van der Waals surface area contributed by atoms with Crippen LogP contribution < -0.4 is 4.90 Å². The van der Waals surface area contributed by atoms with Gasteiger partial charge in [0, 0.05) is 22.1 Å². The molecule has 2 nitrogen and oxygen atoms in total. The molecule has 0 fully saturated rings. The molecule has 0 aliphatic carbocycles. The van der Waals surface area contributed by atoms with Crippen molar-refractivity contribution in [2.24, 2.45) is 0 Å². The SMILES string of the molecule is Cc1cc(C)cc(N(C)C(=O)c2cc(S)ccc2Br)c1. The van der Waals surface area contributed by atoms with Crippen LogP contribution in [0.3, 0.4) is 0 Å². The van der Waals surface area contributed by atoms with Crippen molar-refractivity contribution in [1.82, 2.24) is 0 Å². The summed E-state index contributed by atoms with van der Waals surface area (Å²) >= 11 is 7.71. The lowest BCUT2D eigenvalue weighted by molar-refractivity contribution is 0.0992. The van der Waals surface area contributed by atoms with Crippen LogP contribution in [0.2, 0.25) is 0 Å². The number of amides is 1. The molecule has 0 saturated heterocycles. The van der Waals surface area contributed by atoms with E-state index in [0.717, 1.165) is 26.2 Å². The highest BCUT2D eigenvalue weighted by Crippen LogP contribution is 2.25. The van der Waals surface area contributed by atoms with Gasteiger partial charge in [-0.1, -0.05) is 6.07 Å². The Labute approximate surface area is 133 Å². The van der Waals surface area contributed by atoms with Gasteiger partial charge in [-0.15, -0.1) is 12.6 Å². The summed E-state index contributed by atoms with van der Waals surface area (Å²) < 4.78 is 0.775. The molecule has 0 radical (unpaired) electrons. The molecule has 0 N–H and O–H groups in total. The zero-order chi connectivity index (χ0) is 14.9. The fourth-order valence-electron chi connectivity index (χ4n) is 2.12. The average molecular weight is 350 g/mol. The van der Waals surface area contributed by atoms with Gasteiger partial charge in [-0.3, -0.25) is 4.79 Å². The zero-order valence-corrected chi connectivity index (χ0v) is 14.1. The van der Waals surface area contributed by atoms with Gasteiger partial charge in [-0.25, -0.2) is 0 Å². The Balaban J connectivity index is 2.39. The molecule has 0 heterocycles. The second-order valence-corrected chi connectivity index (χ2v) is 6.24. The quantitative estimate of drug-likeness (QED) is 0.783. The monoisotopic (exact) mass is 349 g/mol. The van der Waals surface area contributed by atoms with Crippen LogP contribution in [0.25, 0.3) is 0 Å². The van der Waals surface area contributed by atoms with E-state index in [-0.39, 0.29) is 5.91 Å². The fraction of sp³-hybridized carbons (Fsp3) is 0.188. The molecule has 104 valence electrons. The molecular weight excluding hydrogens is 334 g/mol. The van der Waals surface area contributed by atoms with Gasteiger partial charge in [0.05, 0.1) is 5.56 Å². The molecule has 4 heteroatoms. The van der Waals surface area contributed by atoms with Gasteiger partial charge < -0.3 is 4.90 Å². The topological polar surface area (TPSA) is 20.3 Å². The first kappa shape index (κ1) is 15.1. The Bertz CT molecular complexity index is 649. The van der Waals surface area contributed by atoms with Crippen LogP contribution in [0.4, 0.5) is 5.69 Å². The first-order valence-electron chi connectivity index (χ1n) is 6.23. The summed E-state index contributed by atoms with van der Waals surface area (Å²) in [6.45, 7) is 4.05. The normalized spacial score (nSPS) is 10.4. The highest BCUT2D eigenvalue weighted by atomic mass is 79.9. The van der Waals surface area contributed by atoms with Gasteiger partial charge in [0.1, 0.15) is 0 Å². The van der Waals surface area contributed by atoms with Crippen molar-refractivity contribution in [2.75, 3.05) is 11.9 Å². The van der Waals surface area contributed by atoms with E-state index in [1.165, 1.54) is 0 Å². The van der Waals surface area contributed by atoms with Crippen molar-refractivity contribution in [3.8, 4) is 0 Å². The summed E-state index contributed by atoms with van der Waals surface area (Å²) in [5.41, 5.74) is 3.78. The molecule has 0 aliphatic rings. The lowest BCUT2D eigenvalue weighted by Gasteiger charge is -2.19. The standard InChI is InChI=1S/C16H16BrNOS/c1-10-6-11(2)8-12(7-10)18(3)16(19)14-9-13(20)4-5-15(14)17/h4-9,20H,1-3H3. The molecule has 0 atom stereocenters. The van der Waals surface area contributed by atoms with Crippen molar-refractivity contribution >= 4 is 40.2 Å². The maximum absolute atomic E-state index is 12.6. The van der Waals surface area contributed by atoms with Gasteiger partial charge in [0.2, 0.25) is 0 Å².